The number of nitrogen functional groups attached to an aromatic ring is 1. The predicted molar refractivity (Wildman–Crippen MR) is 80.3 cm³/mol. The molecule has 3 aromatic rings. The molecule has 2 aromatic heterocycles. The minimum absolute atomic E-state index is 0.0805. The zero-order valence-corrected chi connectivity index (χ0v) is 11.6. The zero-order valence-electron chi connectivity index (χ0n) is 10.8. The van der Waals surface area contributed by atoms with E-state index in [1.165, 1.54) is 23.5 Å². The molecular formula is C14H13FN4S. The molecule has 0 aliphatic carbocycles. The Morgan fingerprint density at radius 2 is 2.15 bits per heavy atom. The smallest absolute Gasteiger partial charge is 0.223 e. The van der Waals surface area contributed by atoms with Gasteiger partial charge in [-0.1, -0.05) is 12.1 Å². The fourth-order valence-electron chi connectivity index (χ4n) is 2.05. The third-order valence-electron chi connectivity index (χ3n) is 3.04. The normalized spacial score (nSPS) is 12.5. The summed E-state index contributed by atoms with van der Waals surface area (Å²) in [5, 5.41) is 6.13. The van der Waals surface area contributed by atoms with Gasteiger partial charge in [-0.3, -0.25) is 0 Å². The summed E-state index contributed by atoms with van der Waals surface area (Å²) in [7, 11) is 0. The lowest BCUT2D eigenvalue weighted by Crippen LogP contribution is -2.09. The average molecular weight is 288 g/mol. The standard InChI is InChI=1S/C14H13FN4S/c1-8(9-3-2-4-10(15)7-9)17-12-11-5-6-20-13(11)19-14(16)18-12/h2-8H,1H3,(H3,16,17,18,19). The van der Waals surface area contributed by atoms with E-state index in [-0.39, 0.29) is 17.8 Å². The van der Waals surface area contributed by atoms with Crippen LogP contribution < -0.4 is 11.1 Å². The number of hydrogen-bond acceptors (Lipinski definition) is 5. The molecule has 0 aliphatic heterocycles. The molecular weight excluding hydrogens is 275 g/mol. The lowest BCUT2D eigenvalue weighted by molar-refractivity contribution is 0.623. The molecule has 3 N–H and O–H groups in total. The Morgan fingerprint density at radius 1 is 1.30 bits per heavy atom. The van der Waals surface area contributed by atoms with Crippen molar-refractivity contribution >= 4 is 33.3 Å². The molecule has 2 heterocycles. The predicted octanol–water partition coefficient (Wildman–Crippen LogP) is 3.59. The number of fused-ring (bicyclic) bond motifs is 1. The first kappa shape index (κ1) is 12.8. The third-order valence-corrected chi connectivity index (χ3v) is 3.85. The van der Waals surface area contributed by atoms with Gasteiger partial charge in [0.05, 0.1) is 11.4 Å². The first-order valence-electron chi connectivity index (χ1n) is 6.16. The molecule has 0 saturated carbocycles. The van der Waals surface area contributed by atoms with E-state index in [1.807, 2.05) is 24.4 Å². The fourth-order valence-corrected chi connectivity index (χ4v) is 2.82. The lowest BCUT2D eigenvalue weighted by Gasteiger charge is -2.15. The van der Waals surface area contributed by atoms with Crippen LogP contribution in [0.4, 0.5) is 16.2 Å². The van der Waals surface area contributed by atoms with Gasteiger partial charge in [0.15, 0.2) is 0 Å². The van der Waals surface area contributed by atoms with Gasteiger partial charge in [-0.2, -0.15) is 4.98 Å². The number of nitrogens with two attached hydrogens (primary N) is 1. The van der Waals surface area contributed by atoms with Crippen LogP contribution in [0.5, 0.6) is 0 Å². The van der Waals surface area contributed by atoms with Gasteiger partial charge in [-0.05, 0) is 36.1 Å². The highest BCUT2D eigenvalue weighted by atomic mass is 32.1. The maximum absolute atomic E-state index is 13.3. The molecule has 0 amide bonds. The Labute approximate surface area is 119 Å². The number of aromatic nitrogens is 2. The van der Waals surface area contributed by atoms with Crippen LogP contribution in [-0.2, 0) is 0 Å². The summed E-state index contributed by atoms with van der Waals surface area (Å²) < 4.78 is 13.3. The Balaban J connectivity index is 1.94. The van der Waals surface area contributed by atoms with Crippen molar-refractivity contribution in [1.29, 1.82) is 0 Å². The fraction of sp³-hybridized carbons (Fsp3) is 0.143. The van der Waals surface area contributed by atoms with E-state index in [0.29, 0.717) is 5.82 Å². The van der Waals surface area contributed by atoms with Gasteiger partial charge in [0.2, 0.25) is 5.95 Å². The van der Waals surface area contributed by atoms with Crippen LogP contribution in [0.1, 0.15) is 18.5 Å². The summed E-state index contributed by atoms with van der Waals surface area (Å²) in [5.74, 6) is 0.651. The quantitative estimate of drug-likeness (QED) is 0.773. The number of halogens is 1. The summed E-state index contributed by atoms with van der Waals surface area (Å²) in [6, 6.07) is 8.36. The highest BCUT2D eigenvalue weighted by Crippen LogP contribution is 2.28. The van der Waals surface area contributed by atoms with Crippen LogP contribution >= 0.6 is 11.3 Å². The van der Waals surface area contributed by atoms with Crippen molar-refractivity contribution in [2.75, 3.05) is 11.1 Å². The van der Waals surface area contributed by atoms with Crippen molar-refractivity contribution < 1.29 is 4.39 Å². The van der Waals surface area contributed by atoms with E-state index in [9.17, 15) is 4.39 Å². The maximum Gasteiger partial charge on any atom is 0.223 e. The minimum atomic E-state index is -0.251. The summed E-state index contributed by atoms with van der Waals surface area (Å²) in [6.45, 7) is 1.95. The SMILES string of the molecule is CC(Nc1nc(N)nc2sccc12)c1cccc(F)c1. The molecule has 0 fully saturated rings. The van der Waals surface area contributed by atoms with Crippen molar-refractivity contribution in [3.05, 3.63) is 47.1 Å². The second kappa shape index (κ2) is 5.05. The van der Waals surface area contributed by atoms with Gasteiger partial charge in [0.1, 0.15) is 16.5 Å². The number of anilines is 2. The third kappa shape index (κ3) is 2.42. The van der Waals surface area contributed by atoms with E-state index >= 15 is 0 Å². The topological polar surface area (TPSA) is 63.8 Å². The monoisotopic (exact) mass is 288 g/mol. The summed E-state index contributed by atoms with van der Waals surface area (Å²) in [6.07, 6.45) is 0. The Hall–Kier alpha value is -2.21. The number of benzene rings is 1. The molecule has 0 aliphatic rings. The first-order chi connectivity index (χ1) is 9.63. The maximum atomic E-state index is 13.3. The molecule has 3 rings (SSSR count). The molecule has 0 radical (unpaired) electrons. The van der Waals surface area contributed by atoms with Crippen molar-refractivity contribution in [2.45, 2.75) is 13.0 Å². The second-order valence-electron chi connectivity index (χ2n) is 4.49. The molecule has 6 heteroatoms. The van der Waals surface area contributed by atoms with Crippen molar-refractivity contribution in [3.63, 3.8) is 0 Å². The summed E-state index contributed by atoms with van der Waals surface area (Å²) in [5.41, 5.74) is 6.56. The highest BCUT2D eigenvalue weighted by molar-refractivity contribution is 7.16. The first-order valence-corrected chi connectivity index (χ1v) is 7.04. The van der Waals surface area contributed by atoms with Crippen LogP contribution in [0, 0.1) is 5.82 Å². The molecule has 0 spiro atoms. The van der Waals surface area contributed by atoms with Gasteiger partial charge in [-0.25, -0.2) is 9.37 Å². The second-order valence-corrected chi connectivity index (χ2v) is 5.39. The molecule has 4 nitrogen and oxygen atoms in total. The van der Waals surface area contributed by atoms with E-state index in [4.69, 9.17) is 5.73 Å². The van der Waals surface area contributed by atoms with E-state index in [2.05, 4.69) is 15.3 Å². The number of nitrogens with one attached hydrogen (secondary N) is 1. The molecule has 0 bridgehead atoms. The van der Waals surface area contributed by atoms with Gasteiger partial charge in [0.25, 0.3) is 0 Å². The number of thiophene rings is 1. The van der Waals surface area contributed by atoms with Crippen molar-refractivity contribution in [3.8, 4) is 0 Å². The lowest BCUT2D eigenvalue weighted by atomic mass is 10.1. The Morgan fingerprint density at radius 3 is 2.95 bits per heavy atom. The van der Waals surface area contributed by atoms with Gasteiger partial charge in [-0.15, -0.1) is 11.3 Å². The molecule has 0 saturated heterocycles. The van der Waals surface area contributed by atoms with Crippen molar-refractivity contribution in [2.24, 2.45) is 0 Å². The van der Waals surface area contributed by atoms with Gasteiger partial charge in [0, 0.05) is 0 Å². The molecule has 20 heavy (non-hydrogen) atoms. The van der Waals surface area contributed by atoms with Crippen LogP contribution in [-0.4, -0.2) is 9.97 Å². The van der Waals surface area contributed by atoms with Crippen LogP contribution in [0.25, 0.3) is 10.2 Å². The molecule has 1 atom stereocenters. The Kier molecular flexibility index (Phi) is 3.23. The van der Waals surface area contributed by atoms with E-state index < -0.39 is 0 Å². The van der Waals surface area contributed by atoms with Gasteiger partial charge >= 0.3 is 0 Å². The average Bonchev–Trinajstić information content (AvgIpc) is 2.86. The molecule has 102 valence electrons. The van der Waals surface area contributed by atoms with Crippen molar-refractivity contribution in [1.82, 2.24) is 9.97 Å². The summed E-state index contributed by atoms with van der Waals surface area (Å²) in [4.78, 5) is 9.24. The molecule has 1 unspecified atom stereocenters. The van der Waals surface area contributed by atoms with Crippen LogP contribution in [0.15, 0.2) is 35.7 Å². The number of hydrogen-bond donors (Lipinski definition) is 2. The zero-order chi connectivity index (χ0) is 14.1. The minimum Gasteiger partial charge on any atom is -0.368 e. The number of nitrogens with zero attached hydrogens (tertiary/aromatic N) is 2. The van der Waals surface area contributed by atoms with Crippen LogP contribution in [0.3, 0.4) is 0 Å². The molecule has 1 aromatic carbocycles. The summed E-state index contributed by atoms with van der Waals surface area (Å²) >= 11 is 1.51. The van der Waals surface area contributed by atoms with Gasteiger partial charge < -0.3 is 11.1 Å². The van der Waals surface area contributed by atoms with E-state index in [0.717, 1.165) is 15.8 Å². The highest BCUT2D eigenvalue weighted by Gasteiger charge is 2.11. The largest absolute Gasteiger partial charge is 0.368 e. The Bertz CT molecular complexity index is 756. The van der Waals surface area contributed by atoms with E-state index in [1.54, 1.807) is 6.07 Å². The van der Waals surface area contributed by atoms with Crippen LogP contribution in [0.2, 0.25) is 0 Å². The number of rotatable bonds is 3.